The zero-order valence-electron chi connectivity index (χ0n) is 14.6. The molecule has 1 heterocycles. The molecular formula is C16H17F4N3O3S. The monoisotopic (exact) mass is 407 g/mol. The Kier molecular flexibility index (Phi) is 5.66. The van der Waals surface area contributed by atoms with Crippen LogP contribution >= 0.6 is 0 Å². The molecule has 27 heavy (non-hydrogen) atoms. The van der Waals surface area contributed by atoms with Gasteiger partial charge in [-0.25, -0.2) is 12.8 Å². The number of aromatic nitrogens is 1. The molecule has 2 N–H and O–H groups in total. The Morgan fingerprint density at radius 3 is 2.41 bits per heavy atom. The van der Waals surface area contributed by atoms with Crippen molar-refractivity contribution in [1.82, 2.24) is 9.29 Å². The third kappa shape index (κ3) is 4.86. The number of hydrogen-bond acceptors (Lipinski definition) is 3. The van der Waals surface area contributed by atoms with Crippen LogP contribution in [0.2, 0.25) is 0 Å². The zero-order chi connectivity index (χ0) is 20.6. The summed E-state index contributed by atoms with van der Waals surface area (Å²) in [5.74, 6) is -1.15. The lowest BCUT2D eigenvalue weighted by atomic mass is 10.2. The van der Waals surface area contributed by atoms with Gasteiger partial charge in [-0.2, -0.15) is 17.9 Å². The van der Waals surface area contributed by atoms with Crippen molar-refractivity contribution in [2.24, 2.45) is 7.05 Å². The maximum atomic E-state index is 13.3. The quantitative estimate of drug-likeness (QED) is 0.748. The van der Waals surface area contributed by atoms with Crippen molar-refractivity contribution in [3.63, 3.8) is 0 Å². The second-order valence-corrected chi connectivity index (χ2v) is 7.69. The van der Waals surface area contributed by atoms with Gasteiger partial charge in [-0.05, 0) is 43.7 Å². The smallest absolute Gasteiger partial charge is 0.345 e. The number of amides is 1. The van der Waals surface area contributed by atoms with Gasteiger partial charge >= 0.3 is 6.18 Å². The Morgan fingerprint density at radius 2 is 1.85 bits per heavy atom. The van der Waals surface area contributed by atoms with E-state index >= 15 is 0 Å². The van der Waals surface area contributed by atoms with Crippen LogP contribution < -0.4 is 10.0 Å². The highest BCUT2D eigenvalue weighted by molar-refractivity contribution is 7.89. The summed E-state index contributed by atoms with van der Waals surface area (Å²) in [5, 5.41) is 2.48. The number of carbonyl (C=O) groups is 1. The molecular weight excluding hydrogens is 390 g/mol. The lowest BCUT2D eigenvalue weighted by Crippen LogP contribution is -2.42. The summed E-state index contributed by atoms with van der Waals surface area (Å²) in [4.78, 5) is 11.8. The van der Waals surface area contributed by atoms with Crippen molar-refractivity contribution in [3.8, 4) is 0 Å². The molecule has 0 saturated carbocycles. The molecule has 0 radical (unpaired) electrons. The summed E-state index contributed by atoms with van der Waals surface area (Å²) in [7, 11) is -3.11. The van der Waals surface area contributed by atoms with E-state index in [1.54, 1.807) is 0 Å². The second kappa shape index (κ2) is 7.31. The average molecular weight is 407 g/mol. The number of aryl methyl sites for hydroxylation is 2. The summed E-state index contributed by atoms with van der Waals surface area (Å²) in [6.07, 6.45) is -3.72. The molecule has 0 aliphatic heterocycles. The maximum Gasteiger partial charge on any atom is 0.404 e. The van der Waals surface area contributed by atoms with E-state index < -0.39 is 38.9 Å². The fraction of sp³-hybridized carbons (Fsp3) is 0.312. The van der Waals surface area contributed by atoms with E-state index in [9.17, 15) is 30.8 Å². The average Bonchev–Trinajstić information content (AvgIpc) is 2.92. The molecule has 1 aromatic carbocycles. The number of nitrogens with one attached hydrogen (secondary N) is 2. The van der Waals surface area contributed by atoms with Crippen molar-refractivity contribution >= 4 is 21.6 Å². The van der Waals surface area contributed by atoms with Gasteiger partial charge in [-0.1, -0.05) is 0 Å². The molecule has 2 aromatic rings. The molecule has 0 spiro atoms. The molecule has 1 aromatic heterocycles. The predicted molar refractivity (Wildman–Crippen MR) is 90.3 cm³/mol. The summed E-state index contributed by atoms with van der Waals surface area (Å²) in [6, 6.07) is 2.54. The molecule has 11 heteroatoms. The molecule has 0 unspecified atom stereocenters. The number of halogens is 4. The molecule has 0 aliphatic rings. The highest BCUT2D eigenvalue weighted by Crippen LogP contribution is 2.23. The fourth-order valence-electron chi connectivity index (χ4n) is 2.19. The topological polar surface area (TPSA) is 80.2 Å². The Morgan fingerprint density at radius 1 is 1.22 bits per heavy atom. The molecule has 6 nitrogen and oxygen atoms in total. The molecule has 1 atom stereocenters. The summed E-state index contributed by atoms with van der Waals surface area (Å²) < 4.78 is 78.0. The van der Waals surface area contributed by atoms with Gasteiger partial charge in [0.1, 0.15) is 22.4 Å². The number of benzene rings is 1. The third-order valence-electron chi connectivity index (χ3n) is 3.76. The largest absolute Gasteiger partial charge is 0.404 e. The van der Waals surface area contributed by atoms with E-state index in [0.29, 0.717) is 12.5 Å². The van der Waals surface area contributed by atoms with Crippen molar-refractivity contribution in [3.05, 3.63) is 47.5 Å². The number of rotatable bonds is 5. The highest BCUT2D eigenvalue weighted by atomic mass is 32.2. The van der Waals surface area contributed by atoms with Gasteiger partial charge in [0.25, 0.3) is 5.91 Å². The summed E-state index contributed by atoms with van der Waals surface area (Å²) >= 11 is 0. The zero-order valence-corrected chi connectivity index (χ0v) is 15.4. The van der Waals surface area contributed by atoms with Crippen LogP contribution in [0.1, 0.15) is 23.0 Å². The highest BCUT2D eigenvalue weighted by Gasteiger charge is 2.39. The minimum absolute atomic E-state index is 0.1000. The van der Waals surface area contributed by atoms with Crippen molar-refractivity contribution in [2.45, 2.75) is 31.0 Å². The summed E-state index contributed by atoms with van der Waals surface area (Å²) in [5.41, 5.74) is 0.485. The molecule has 0 bridgehead atoms. The lowest BCUT2D eigenvalue weighted by molar-refractivity contribution is -0.147. The minimum atomic E-state index is -4.75. The number of alkyl halides is 3. The fourth-order valence-corrected chi connectivity index (χ4v) is 3.49. The molecule has 0 fully saturated rings. The van der Waals surface area contributed by atoms with E-state index in [1.165, 1.54) is 35.4 Å². The van der Waals surface area contributed by atoms with E-state index in [-0.39, 0.29) is 11.4 Å². The third-order valence-corrected chi connectivity index (χ3v) is 5.27. The van der Waals surface area contributed by atoms with Gasteiger partial charge in [-0.15, -0.1) is 0 Å². The van der Waals surface area contributed by atoms with Gasteiger partial charge in [-0.3, -0.25) is 4.79 Å². The molecule has 148 valence electrons. The maximum absolute atomic E-state index is 13.3. The molecule has 1 amide bonds. The molecule has 0 aliphatic carbocycles. The Bertz CT molecular complexity index is 968. The van der Waals surface area contributed by atoms with Crippen LogP contribution in [0.4, 0.5) is 23.2 Å². The molecule has 0 saturated heterocycles. The first-order valence-electron chi connectivity index (χ1n) is 7.64. The van der Waals surface area contributed by atoms with Crippen LogP contribution in [0, 0.1) is 12.7 Å². The first-order chi connectivity index (χ1) is 12.3. The van der Waals surface area contributed by atoms with Crippen molar-refractivity contribution < 1.29 is 30.8 Å². The van der Waals surface area contributed by atoms with Crippen LogP contribution in [0.15, 0.2) is 35.4 Å². The van der Waals surface area contributed by atoms with Crippen LogP contribution in [0.3, 0.4) is 0 Å². The van der Waals surface area contributed by atoms with Gasteiger partial charge in [0.15, 0.2) is 0 Å². The number of carbonyl (C=O) groups excluding carboxylic acids is 1. The number of nitrogens with zero attached hydrogens (tertiary/aromatic N) is 1. The standard InChI is InChI=1S/C16H17F4N3O3S/c1-9-6-11(4-5-13(9)17)21-15(24)14-7-12(8-23(14)3)27(25,26)22-10(2)16(18,19)20/h4-8,10,22H,1-3H3,(H,21,24)/t10-/m1/s1. The van der Waals surface area contributed by atoms with Gasteiger partial charge in [0.2, 0.25) is 10.0 Å². The van der Waals surface area contributed by atoms with Crippen LogP contribution in [-0.4, -0.2) is 31.1 Å². The van der Waals surface area contributed by atoms with Gasteiger partial charge < -0.3 is 9.88 Å². The Labute approximate surface area is 153 Å². The second-order valence-electron chi connectivity index (χ2n) is 5.97. The van der Waals surface area contributed by atoms with Gasteiger partial charge in [0, 0.05) is 18.9 Å². The molecule has 2 rings (SSSR count). The summed E-state index contributed by atoms with van der Waals surface area (Å²) in [6.45, 7) is 2.18. The van der Waals surface area contributed by atoms with Crippen LogP contribution in [0.25, 0.3) is 0 Å². The first kappa shape index (κ1) is 20.9. The normalized spacial score (nSPS) is 13.4. The Balaban J connectivity index is 2.24. The lowest BCUT2D eigenvalue weighted by Gasteiger charge is -2.16. The van der Waals surface area contributed by atoms with E-state index in [2.05, 4.69) is 5.32 Å². The van der Waals surface area contributed by atoms with Gasteiger partial charge in [0.05, 0.1) is 0 Å². The number of hydrogen-bond donors (Lipinski definition) is 2. The minimum Gasteiger partial charge on any atom is -0.345 e. The van der Waals surface area contributed by atoms with Crippen LogP contribution in [-0.2, 0) is 17.1 Å². The van der Waals surface area contributed by atoms with E-state index in [0.717, 1.165) is 18.3 Å². The van der Waals surface area contributed by atoms with E-state index in [4.69, 9.17) is 0 Å². The van der Waals surface area contributed by atoms with Crippen molar-refractivity contribution in [2.75, 3.05) is 5.32 Å². The number of anilines is 1. The van der Waals surface area contributed by atoms with E-state index in [1.807, 2.05) is 0 Å². The van der Waals surface area contributed by atoms with Crippen LogP contribution in [0.5, 0.6) is 0 Å². The first-order valence-corrected chi connectivity index (χ1v) is 9.12. The predicted octanol–water partition coefficient (Wildman–Crippen LogP) is 2.95. The SMILES string of the molecule is Cc1cc(NC(=O)c2cc(S(=O)(=O)N[C@H](C)C(F)(F)F)cn2C)ccc1F. The Hall–Kier alpha value is -2.40. The number of sulfonamides is 1. The van der Waals surface area contributed by atoms with Crippen molar-refractivity contribution in [1.29, 1.82) is 0 Å².